The quantitative estimate of drug-likeness (QED) is 0.285. The number of allylic oxidation sites excluding steroid dienone is 2. The molecular weight excluding hydrogens is 410 g/mol. The molecule has 3 rings (SSSR count). The van der Waals surface area contributed by atoms with Crippen LogP contribution in [0.2, 0.25) is 0 Å². The molecule has 3 aromatic carbocycles. The molecule has 1 atom stereocenters. The maximum absolute atomic E-state index is 9.61. The van der Waals surface area contributed by atoms with Crippen molar-refractivity contribution >= 4 is 11.3 Å². The predicted octanol–water partition coefficient (Wildman–Crippen LogP) is 7.47. The Morgan fingerprint density at radius 2 is 1.15 bits per heavy atom. The highest BCUT2D eigenvalue weighted by Gasteiger charge is 2.19. The van der Waals surface area contributed by atoms with Crippen molar-refractivity contribution in [3.05, 3.63) is 95.1 Å². The summed E-state index contributed by atoms with van der Waals surface area (Å²) in [5.41, 5.74) is 5.74. The number of hydrogen-bond donors (Lipinski definition) is 4. The summed E-state index contributed by atoms with van der Waals surface area (Å²) in [5.74, 6) is 1.09. The van der Waals surface area contributed by atoms with E-state index in [1.807, 2.05) is 31.2 Å². The Hall–Kier alpha value is -3.53. The van der Waals surface area contributed by atoms with Gasteiger partial charge in [-0.1, -0.05) is 57.0 Å². The largest absolute Gasteiger partial charge is 0.508 e. The van der Waals surface area contributed by atoms with E-state index in [0.29, 0.717) is 17.4 Å². The number of rotatable bonds is 7. The summed E-state index contributed by atoms with van der Waals surface area (Å²) < 4.78 is 0. The van der Waals surface area contributed by atoms with Crippen LogP contribution in [0.15, 0.2) is 78.4 Å². The van der Waals surface area contributed by atoms with Gasteiger partial charge in [0, 0.05) is 0 Å². The zero-order valence-electron chi connectivity index (χ0n) is 20.0. The lowest BCUT2D eigenvalue weighted by atomic mass is 9.83. The van der Waals surface area contributed by atoms with Gasteiger partial charge in [0.15, 0.2) is 0 Å². The van der Waals surface area contributed by atoms with Crippen LogP contribution >= 0.6 is 0 Å². The summed E-state index contributed by atoms with van der Waals surface area (Å²) in [5, 5.41) is 36.6. The Bertz CT molecular complexity index is 1030. The standard InChI is InChI=1S/C22H27NO2.C7H8O/c1-4-6-20(22(23)17-9-13-19(25)14-10-17)21(15(3)5-2)16-7-11-18(24)12-8-16;1-6-2-4-7(8)5-3-6/h7-15,23-25H,4-6H2,1-3H3;2-5,8H,1H3/b21-20+,23-22?;. The molecule has 0 aromatic heterocycles. The molecule has 0 aliphatic carbocycles. The molecule has 1 unspecified atom stereocenters. The number of nitrogens with one attached hydrogen (secondary N) is 1. The summed E-state index contributed by atoms with van der Waals surface area (Å²) in [6, 6.07) is 21.2. The minimum absolute atomic E-state index is 0.207. The van der Waals surface area contributed by atoms with E-state index >= 15 is 0 Å². The number of hydrogen-bond acceptors (Lipinski definition) is 4. The SMILES string of the molecule is CCC/C(C(=N)c1ccc(O)cc1)=C(\c1ccc(O)cc1)C(C)CC.Cc1ccc(O)cc1. The van der Waals surface area contributed by atoms with Gasteiger partial charge in [-0.15, -0.1) is 0 Å². The molecule has 3 aromatic rings. The van der Waals surface area contributed by atoms with Crippen molar-refractivity contribution in [3.63, 3.8) is 0 Å². The monoisotopic (exact) mass is 445 g/mol. The number of phenolic OH excluding ortho intramolecular Hbond substituents is 3. The van der Waals surface area contributed by atoms with Crippen LogP contribution in [-0.2, 0) is 0 Å². The molecule has 0 saturated heterocycles. The van der Waals surface area contributed by atoms with Crippen molar-refractivity contribution < 1.29 is 15.3 Å². The fourth-order valence-electron chi connectivity index (χ4n) is 3.59. The second kappa shape index (κ2) is 12.5. The lowest BCUT2D eigenvalue weighted by molar-refractivity contribution is 0.474. The smallest absolute Gasteiger partial charge is 0.115 e. The van der Waals surface area contributed by atoms with Crippen LogP contribution in [0.5, 0.6) is 17.2 Å². The van der Waals surface area contributed by atoms with Gasteiger partial charge < -0.3 is 15.3 Å². The molecule has 0 spiro atoms. The third kappa shape index (κ3) is 7.53. The molecule has 0 saturated carbocycles. The van der Waals surface area contributed by atoms with Crippen LogP contribution in [0.25, 0.3) is 5.57 Å². The number of benzene rings is 3. The summed E-state index contributed by atoms with van der Waals surface area (Å²) in [7, 11) is 0. The second-order valence-corrected chi connectivity index (χ2v) is 8.26. The van der Waals surface area contributed by atoms with Gasteiger partial charge in [0.05, 0.1) is 5.71 Å². The lowest BCUT2D eigenvalue weighted by Crippen LogP contribution is -2.11. The van der Waals surface area contributed by atoms with E-state index in [1.165, 1.54) is 11.1 Å². The van der Waals surface area contributed by atoms with Crippen LogP contribution < -0.4 is 0 Å². The van der Waals surface area contributed by atoms with Crippen molar-refractivity contribution in [1.82, 2.24) is 0 Å². The highest BCUT2D eigenvalue weighted by molar-refractivity contribution is 6.15. The molecule has 4 nitrogen and oxygen atoms in total. The van der Waals surface area contributed by atoms with Gasteiger partial charge in [-0.3, -0.25) is 5.41 Å². The number of phenols is 3. The Balaban J connectivity index is 0.000000405. The predicted molar refractivity (Wildman–Crippen MR) is 137 cm³/mol. The molecule has 0 amide bonds. The average Bonchev–Trinajstić information content (AvgIpc) is 2.82. The molecule has 0 aliphatic rings. The molecule has 0 aliphatic heterocycles. The summed E-state index contributed by atoms with van der Waals surface area (Å²) in [4.78, 5) is 0. The minimum atomic E-state index is 0.207. The van der Waals surface area contributed by atoms with Crippen LogP contribution in [0.1, 0.15) is 56.7 Å². The van der Waals surface area contributed by atoms with E-state index in [1.54, 1.807) is 48.5 Å². The maximum atomic E-state index is 9.61. The fraction of sp³-hybridized carbons (Fsp3) is 0.276. The van der Waals surface area contributed by atoms with Gasteiger partial charge in [0.2, 0.25) is 0 Å². The Morgan fingerprint density at radius 3 is 1.55 bits per heavy atom. The van der Waals surface area contributed by atoms with Crippen molar-refractivity contribution in [1.29, 1.82) is 5.41 Å². The van der Waals surface area contributed by atoms with E-state index in [4.69, 9.17) is 10.5 Å². The average molecular weight is 446 g/mol. The van der Waals surface area contributed by atoms with Crippen LogP contribution in [0.4, 0.5) is 0 Å². The van der Waals surface area contributed by atoms with Crippen molar-refractivity contribution in [2.24, 2.45) is 5.92 Å². The number of aromatic hydroxyl groups is 3. The van der Waals surface area contributed by atoms with E-state index < -0.39 is 0 Å². The Morgan fingerprint density at radius 1 is 0.727 bits per heavy atom. The molecule has 33 heavy (non-hydrogen) atoms. The first kappa shape index (κ1) is 25.7. The number of aryl methyl sites for hydroxylation is 1. The minimum Gasteiger partial charge on any atom is -0.508 e. The fourth-order valence-corrected chi connectivity index (χ4v) is 3.59. The molecular formula is C29H35NO3. The molecule has 4 N–H and O–H groups in total. The van der Waals surface area contributed by atoms with E-state index in [0.717, 1.165) is 36.0 Å². The topological polar surface area (TPSA) is 84.5 Å². The lowest BCUT2D eigenvalue weighted by Gasteiger charge is -2.22. The molecule has 0 fully saturated rings. The normalized spacial score (nSPS) is 12.2. The zero-order valence-corrected chi connectivity index (χ0v) is 20.0. The molecule has 0 bridgehead atoms. The van der Waals surface area contributed by atoms with Gasteiger partial charge in [0.1, 0.15) is 17.2 Å². The van der Waals surface area contributed by atoms with Gasteiger partial charge in [-0.05, 0) is 96.5 Å². The highest BCUT2D eigenvalue weighted by Crippen LogP contribution is 2.34. The van der Waals surface area contributed by atoms with E-state index in [9.17, 15) is 10.2 Å². The van der Waals surface area contributed by atoms with Gasteiger partial charge >= 0.3 is 0 Å². The molecule has 0 radical (unpaired) electrons. The third-order valence-corrected chi connectivity index (χ3v) is 5.60. The first-order chi connectivity index (χ1) is 15.8. The van der Waals surface area contributed by atoms with Crippen LogP contribution in [-0.4, -0.2) is 21.0 Å². The summed E-state index contributed by atoms with van der Waals surface area (Å²) >= 11 is 0. The van der Waals surface area contributed by atoms with Gasteiger partial charge in [0.25, 0.3) is 0 Å². The summed E-state index contributed by atoms with van der Waals surface area (Å²) in [6.07, 6.45) is 2.75. The first-order valence-electron chi connectivity index (χ1n) is 11.4. The third-order valence-electron chi connectivity index (χ3n) is 5.60. The van der Waals surface area contributed by atoms with Crippen molar-refractivity contribution in [2.75, 3.05) is 0 Å². The van der Waals surface area contributed by atoms with Crippen LogP contribution in [0, 0.1) is 18.3 Å². The van der Waals surface area contributed by atoms with Gasteiger partial charge in [-0.2, -0.15) is 0 Å². The van der Waals surface area contributed by atoms with Crippen molar-refractivity contribution in [2.45, 2.75) is 47.0 Å². The molecule has 0 heterocycles. The second-order valence-electron chi connectivity index (χ2n) is 8.26. The Labute approximate surface area is 197 Å². The molecule has 174 valence electrons. The first-order valence-corrected chi connectivity index (χ1v) is 11.4. The molecule has 4 heteroatoms. The van der Waals surface area contributed by atoms with E-state index in [2.05, 4.69) is 20.8 Å². The van der Waals surface area contributed by atoms with Crippen LogP contribution in [0.3, 0.4) is 0 Å². The van der Waals surface area contributed by atoms with Crippen molar-refractivity contribution in [3.8, 4) is 17.2 Å². The van der Waals surface area contributed by atoms with Gasteiger partial charge in [-0.25, -0.2) is 0 Å². The Kier molecular flexibility index (Phi) is 9.74. The maximum Gasteiger partial charge on any atom is 0.115 e. The highest BCUT2D eigenvalue weighted by atomic mass is 16.3. The summed E-state index contributed by atoms with van der Waals surface area (Å²) in [6.45, 7) is 8.44. The zero-order chi connectivity index (χ0) is 24.4. The van der Waals surface area contributed by atoms with E-state index in [-0.39, 0.29) is 11.5 Å².